The lowest BCUT2D eigenvalue weighted by atomic mass is 9.97. The molecular formula is C10H21ClO. The van der Waals surface area contributed by atoms with E-state index in [1.807, 2.05) is 0 Å². The Balaban J connectivity index is 3.33. The van der Waals surface area contributed by atoms with Gasteiger partial charge in [-0.15, -0.1) is 11.6 Å². The van der Waals surface area contributed by atoms with Crippen LogP contribution in [0.4, 0.5) is 0 Å². The van der Waals surface area contributed by atoms with E-state index in [1.165, 1.54) is 12.8 Å². The highest BCUT2D eigenvalue weighted by Crippen LogP contribution is 2.15. The third-order valence-corrected chi connectivity index (χ3v) is 2.39. The van der Waals surface area contributed by atoms with Gasteiger partial charge in [-0.3, -0.25) is 0 Å². The number of aliphatic hydroxyl groups is 1. The van der Waals surface area contributed by atoms with Crippen molar-refractivity contribution in [2.24, 2.45) is 5.92 Å². The van der Waals surface area contributed by atoms with Crippen LogP contribution in [-0.4, -0.2) is 17.1 Å². The normalized spacial score (nSPS) is 16.0. The Morgan fingerprint density at radius 3 is 2.50 bits per heavy atom. The number of rotatable bonds is 7. The summed E-state index contributed by atoms with van der Waals surface area (Å²) in [4.78, 5) is 0. The molecule has 1 nitrogen and oxygen atoms in total. The Bertz CT molecular complexity index is 95.8. The number of hydrogen-bond donors (Lipinski definition) is 1. The second kappa shape index (κ2) is 7.88. The molecule has 0 aliphatic carbocycles. The Morgan fingerprint density at radius 2 is 2.00 bits per heavy atom. The molecule has 2 atom stereocenters. The summed E-state index contributed by atoms with van der Waals surface area (Å²) >= 11 is 5.53. The number of aliphatic hydroxyl groups excluding tert-OH is 1. The molecule has 0 bridgehead atoms. The van der Waals surface area contributed by atoms with E-state index in [0.717, 1.165) is 19.3 Å². The van der Waals surface area contributed by atoms with E-state index in [1.54, 1.807) is 0 Å². The molecule has 0 amide bonds. The number of hydrogen-bond acceptors (Lipinski definition) is 1. The van der Waals surface area contributed by atoms with Gasteiger partial charge in [0.25, 0.3) is 0 Å². The van der Waals surface area contributed by atoms with Crippen LogP contribution >= 0.6 is 11.6 Å². The van der Waals surface area contributed by atoms with Gasteiger partial charge in [0, 0.05) is 5.88 Å². The topological polar surface area (TPSA) is 20.2 Å². The lowest BCUT2D eigenvalue weighted by Crippen LogP contribution is -2.11. The summed E-state index contributed by atoms with van der Waals surface area (Å²) in [6.45, 7) is 4.38. The zero-order valence-corrected chi connectivity index (χ0v) is 8.98. The van der Waals surface area contributed by atoms with E-state index in [-0.39, 0.29) is 6.10 Å². The molecule has 0 saturated heterocycles. The Labute approximate surface area is 81.1 Å². The zero-order chi connectivity index (χ0) is 9.40. The van der Waals surface area contributed by atoms with E-state index in [2.05, 4.69) is 13.8 Å². The predicted molar refractivity (Wildman–Crippen MR) is 54.6 cm³/mol. The van der Waals surface area contributed by atoms with Gasteiger partial charge in [0.15, 0.2) is 0 Å². The molecule has 0 rings (SSSR count). The molecule has 0 spiro atoms. The van der Waals surface area contributed by atoms with Crippen molar-refractivity contribution in [1.29, 1.82) is 0 Å². The molecule has 2 heteroatoms. The monoisotopic (exact) mass is 192 g/mol. The lowest BCUT2D eigenvalue weighted by Gasteiger charge is -2.14. The van der Waals surface area contributed by atoms with Gasteiger partial charge in [0.2, 0.25) is 0 Å². The molecule has 12 heavy (non-hydrogen) atoms. The van der Waals surface area contributed by atoms with Gasteiger partial charge < -0.3 is 5.11 Å². The van der Waals surface area contributed by atoms with Gasteiger partial charge in [-0.1, -0.05) is 26.7 Å². The summed E-state index contributed by atoms with van der Waals surface area (Å²) in [6, 6.07) is 0. The fourth-order valence-corrected chi connectivity index (χ4v) is 1.66. The van der Waals surface area contributed by atoms with E-state index in [4.69, 9.17) is 11.6 Å². The molecular weight excluding hydrogens is 172 g/mol. The third-order valence-electron chi connectivity index (χ3n) is 2.13. The SMILES string of the molecule is CCCC(C)CC(O)CCCCl. The summed E-state index contributed by atoms with van der Waals surface area (Å²) in [5.74, 6) is 1.32. The molecule has 0 aromatic heterocycles. The van der Waals surface area contributed by atoms with Gasteiger partial charge in [-0.05, 0) is 25.2 Å². The second-order valence-corrected chi connectivity index (χ2v) is 3.99. The average molecular weight is 193 g/mol. The first-order chi connectivity index (χ1) is 5.70. The van der Waals surface area contributed by atoms with Crippen LogP contribution in [0.1, 0.15) is 46.0 Å². The minimum Gasteiger partial charge on any atom is -0.393 e. The summed E-state index contributed by atoms with van der Waals surface area (Å²) < 4.78 is 0. The second-order valence-electron chi connectivity index (χ2n) is 3.61. The van der Waals surface area contributed by atoms with Gasteiger partial charge >= 0.3 is 0 Å². The van der Waals surface area contributed by atoms with E-state index in [9.17, 15) is 5.11 Å². The summed E-state index contributed by atoms with van der Waals surface area (Å²) in [5, 5.41) is 9.52. The Kier molecular flexibility index (Phi) is 8.04. The van der Waals surface area contributed by atoms with Gasteiger partial charge in [0.1, 0.15) is 0 Å². The van der Waals surface area contributed by atoms with E-state index >= 15 is 0 Å². The predicted octanol–water partition coefficient (Wildman–Crippen LogP) is 3.19. The summed E-state index contributed by atoms with van der Waals surface area (Å²) in [7, 11) is 0. The molecule has 0 saturated carbocycles. The summed E-state index contributed by atoms with van der Waals surface area (Å²) in [5.41, 5.74) is 0. The third kappa shape index (κ3) is 6.93. The Morgan fingerprint density at radius 1 is 1.33 bits per heavy atom. The van der Waals surface area contributed by atoms with Gasteiger partial charge in [0.05, 0.1) is 6.10 Å². The van der Waals surface area contributed by atoms with Crippen LogP contribution in [0.2, 0.25) is 0 Å². The molecule has 0 aromatic rings. The maximum Gasteiger partial charge on any atom is 0.0543 e. The van der Waals surface area contributed by atoms with Crippen molar-refractivity contribution in [2.45, 2.75) is 52.1 Å². The van der Waals surface area contributed by atoms with Crippen LogP contribution in [0.5, 0.6) is 0 Å². The summed E-state index contributed by atoms with van der Waals surface area (Å²) in [6.07, 6.45) is 5.02. The fraction of sp³-hybridized carbons (Fsp3) is 1.00. The van der Waals surface area contributed by atoms with Crippen molar-refractivity contribution in [3.05, 3.63) is 0 Å². The van der Waals surface area contributed by atoms with Gasteiger partial charge in [-0.25, -0.2) is 0 Å². The van der Waals surface area contributed by atoms with Crippen molar-refractivity contribution in [1.82, 2.24) is 0 Å². The maximum atomic E-state index is 9.52. The van der Waals surface area contributed by atoms with Crippen molar-refractivity contribution in [3.8, 4) is 0 Å². The number of halogens is 1. The van der Waals surface area contributed by atoms with Crippen LogP contribution in [0.25, 0.3) is 0 Å². The molecule has 0 radical (unpaired) electrons. The van der Waals surface area contributed by atoms with E-state index in [0.29, 0.717) is 11.8 Å². The van der Waals surface area contributed by atoms with Crippen molar-refractivity contribution >= 4 is 11.6 Å². The molecule has 2 unspecified atom stereocenters. The maximum absolute atomic E-state index is 9.52. The zero-order valence-electron chi connectivity index (χ0n) is 8.22. The van der Waals surface area contributed by atoms with Crippen LogP contribution in [0.3, 0.4) is 0 Å². The van der Waals surface area contributed by atoms with E-state index < -0.39 is 0 Å². The van der Waals surface area contributed by atoms with Crippen molar-refractivity contribution in [2.75, 3.05) is 5.88 Å². The highest BCUT2D eigenvalue weighted by molar-refractivity contribution is 6.17. The standard InChI is InChI=1S/C10H21ClO/c1-3-5-9(2)8-10(12)6-4-7-11/h9-10,12H,3-8H2,1-2H3. The quantitative estimate of drug-likeness (QED) is 0.615. The highest BCUT2D eigenvalue weighted by Gasteiger charge is 2.08. The largest absolute Gasteiger partial charge is 0.393 e. The van der Waals surface area contributed by atoms with Gasteiger partial charge in [-0.2, -0.15) is 0 Å². The average Bonchev–Trinajstić information content (AvgIpc) is 2.01. The van der Waals surface area contributed by atoms with Crippen LogP contribution in [-0.2, 0) is 0 Å². The molecule has 0 aliphatic heterocycles. The molecule has 1 N–H and O–H groups in total. The first-order valence-electron chi connectivity index (χ1n) is 4.94. The first-order valence-corrected chi connectivity index (χ1v) is 5.48. The smallest absolute Gasteiger partial charge is 0.0543 e. The van der Waals surface area contributed by atoms with Crippen molar-refractivity contribution in [3.63, 3.8) is 0 Å². The molecule has 0 aliphatic rings. The van der Waals surface area contributed by atoms with Crippen molar-refractivity contribution < 1.29 is 5.11 Å². The fourth-order valence-electron chi connectivity index (χ4n) is 1.51. The molecule has 74 valence electrons. The number of alkyl halides is 1. The van der Waals surface area contributed by atoms with Crippen LogP contribution in [0, 0.1) is 5.92 Å². The first kappa shape index (κ1) is 12.2. The van der Waals surface area contributed by atoms with Crippen LogP contribution < -0.4 is 0 Å². The van der Waals surface area contributed by atoms with Crippen LogP contribution in [0.15, 0.2) is 0 Å². The molecule has 0 fully saturated rings. The lowest BCUT2D eigenvalue weighted by molar-refractivity contribution is 0.133. The Hall–Kier alpha value is 0.250. The highest BCUT2D eigenvalue weighted by atomic mass is 35.5. The minimum absolute atomic E-state index is 0.134. The molecule has 0 aromatic carbocycles. The minimum atomic E-state index is -0.134. The molecule has 0 heterocycles.